The Morgan fingerprint density at radius 2 is 1.85 bits per heavy atom. The zero-order valence-electron chi connectivity index (χ0n) is 11.4. The van der Waals surface area contributed by atoms with Crippen LogP contribution in [-0.4, -0.2) is 41.2 Å². The number of benzene rings is 1. The van der Waals surface area contributed by atoms with Gasteiger partial charge in [0.2, 0.25) is 11.8 Å². The number of halogens is 1. The molecule has 0 aromatic heterocycles. The van der Waals surface area contributed by atoms with E-state index in [9.17, 15) is 14.0 Å². The number of carbonyl (C=O) groups is 2. The van der Waals surface area contributed by atoms with Crippen LogP contribution >= 0.6 is 0 Å². The van der Waals surface area contributed by atoms with Gasteiger partial charge in [0.05, 0.1) is 6.54 Å². The van der Waals surface area contributed by atoms with Crippen molar-refractivity contribution >= 4 is 17.5 Å². The Balaban J connectivity index is 2.07. The molecule has 108 valence electrons. The zero-order valence-corrected chi connectivity index (χ0v) is 11.4. The number of carbonyl (C=O) groups excluding carboxylic acids is 2. The minimum absolute atomic E-state index is 0.00263. The summed E-state index contributed by atoms with van der Waals surface area (Å²) in [4.78, 5) is 26.8. The first-order valence-corrected chi connectivity index (χ1v) is 6.60. The molecule has 0 spiro atoms. The Kier molecular flexibility index (Phi) is 4.22. The molecule has 1 aliphatic heterocycles. The topological polar surface area (TPSA) is 66.6 Å². The molecule has 2 rings (SSSR count). The Hall–Kier alpha value is -2.11. The van der Waals surface area contributed by atoms with Crippen LogP contribution in [0.25, 0.3) is 0 Å². The molecule has 20 heavy (non-hydrogen) atoms. The minimum atomic E-state index is -0.457. The third-order valence-corrected chi connectivity index (χ3v) is 3.29. The molecule has 5 nitrogen and oxygen atoms in total. The molecular formula is C14H18FN3O2. The molecule has 1 aliphatic rings. The van der Waals surface area contributed by atoms with Gasteiger partial charge in [-0.05, 0) is 18.6 Å². The van der Waals surface area contributed by atoms with Crippen molar-refractivity contribution in [3.05, 3.63) is 29.6 Å². The first kappa shape index (κ1) is 14.3. The lowest BCUT2D eigenvalue weighted by Crippen LogP contribution is -2.53. The third kappa shape index (κ3) is 3.07. The number of nitrogen functional groups attached to an aromatic ring is 1. The van der Waals surface area contributed by atoms with Crippen molar-refractivity contribution < 1.29 is 14.0 Å². The number of nitrogens with two attached hydrogens (primary N) is 1. The number of rotatable bonds is 4. The second-order valence-electron chi connectivity index (χ2n) is 4.92. The lowest BCUT2D eigenvalue weighted by Gasteiger charge is -2.33. The van der Waals surface area contributed by atoms with Crippen LogP contribution in [0.3, 0.4) is 0 Å². The van der Waals surface area contributed by atoms with Crippen molar-refractivity contribution in [1.82, 2.24) is 9.80 Å². The molecule has 1 saturated heterocycles. The van der Waals surface area contributed by atoms with Crippen molar-refractivity contribution in [1.29, 1.82) is 0 Å². The summed E-state index contributed by atoms with van der Waals surface area (Å²) in [6.45, 7) is 2.70. The maximum Gasteiger partial charge on any atom is 0.242 e. The molecule has 0 bridgehead atoms. The molecule has 1 aromatic carbocycles. The summed E-state index contributed by atoms with van der Waals surface area (Å²) in [6, 6.07) is 4.34. The first-order valence-electron chi connectivity index (χ1n) is 6.60. The first-order chi connectivity index (χ1) is 9.51. The van der Waals surface area contributed by atoms with Crippen molar-refractivity contribution in [3.63, 3.8) is 0 Å². The Morgan fingerprint density at radius 1 is 1.20 bits per heavy atom. The van der Waals surface area contributed by atoms with Crippen LogP contribution in [0.1, 0.15) is 18.9 Å². The third-order valence-electron chi connectivity index (χ3n) is 3.29. The number of hydrogen-bond donors (Lipinski definition) is 1. The highest BCUT2D eigenvalue weighted by Crippen LogP contribution is 2.16. The van der Waals surface area contributed by atoms with E-state index in [1.807, 2.05) is 6.92 Å². The van der Waals surface area contributed by atoms with Crippen LogP contribution in [0.15, 0.2) is 18.2 Å². The van der Waals surface area contributed by atoms with Crippen LogP contribution in [0, 0.1) is 5.82 Å². The van der Waals surface area contributed by atoms with Gasteiger partial charge < -0.3 is 15.5 Å². The largest absolute Gasteiger partial charge is 0.399 e. The molecule has 1 aromatic rings. The highest BCUT2D eigenvalue weighted by molar-refractivity contribution is 5.92. The Morgan fingerprint density at radius 3 is 2.50 bits per heavy atom. The van der Waals surface area contributed by atoms with Crippen molar-refractivity contribution in [2.24, 2.45) is 0 Å². The zero-order chi connectivity index (χ0) is 14.7. The maximum absolute atomic E-state index is 13.7. The van der Waals surface area contributed by atoms with Gasteiger partial charge in [-0.1, -0.05) is 13.0 Å². The molecule has 0 saturated carbocycles. The molecule has 0 radical (unpaired) electrons. The van der Waals surface area contributed by atoms with Gasteiger partial charge in [-0.3, -0.25) is 9.59 Å². The number of nitrogens with zero attached hydrogens (tertiary/aromatic N) is 2. The van der Waals surface area contributed by atoms with Crippen molar-refractivity contribution in [2.75, 3.05) is 25.4 Å². The van der Waals surface area contributed by atoms with Gasteiger partial charge in [0, 0.05) is 24.3 Å². The molecule has 6 heteroatoms. The minimum Gasteiger partial charge on any atom is -0.399 e. The lowest BCUT2D eigenvalue weighted by atomic mass is 10.1. The fourth-order valence-electron chi connectivity index (χ4n) is 2.22. The summed E-state index contributed by atoms with van der Waals surface area (Å²) in [5.41, 5.74) is 6.18. The van der Waals surface area contributed by atoms with Gasteiger partial charge in [0.25, 0.3) is 0 Å². The molecular weight excluding hydrogens is 261 g/mol. The summed E-state index contributed by atoms with van der Waals surface area (Å²) >= 11 is 0. The second-order valence-corrected chi connectivity index (χ2v) is 4.92. The maximum atomic E-state index is 13.7. The summed E-state index contributed by atoms with van der Waals surface area (Å²) in [5, 5.41) is 0. The number of anilines is 1. The summed E-state index contributed by atoms with van der Waals surface area (Å²) < 4.78 is 13.7. The van der Waals surface area contributed by atoms with Gasteiger partial charge in [-0.15, -0.1) is 0 Å². The normalized spacial score (nSPS) is 15.9. The van der Waals surface area contributed by atoms with Gasteiger partial charge in [0.15, 0.2) is 0 Å². The summed E-state index contributed by atoms with van der Waals surface area (Å²) in [7, 11) is 0. The lowest BCUT2D eigenvalue weighted by molar-refractivity contribution is -0.150. The predicted molar refractivity (Wildman–Crippen MR) is 73.1 cm³/mol. The van der Waals surface area contributed by atoms with E-state index in [0.29, 0.717) is 17.8 Å². The van der Waals surface area contributed by atoms with Gasteiger partial charge in [-0.2, -0.15) is 0 Å². The standard InChI is InChI=1S/C14H18FN3O2/c1-2-5-17-8-14(20)18(9-13(17)19)7-10-3-4-11(16)6-12(10)15/h3-4,6H,2,5,7-9,16H2,1H3. The molecule has 1 fully saturated rings. The predicted octanol–water partition coefficient (Wildman–Crippen LogP) is 0.989. The van der Waals surface area contributed by atoms with Gasteiger partial charge in [-0.25, -0.2) is 4.39 Å². The van der Waals surface area contributed by atoms with Crippen LogP contribution in [-0.2, 0) is 16.1 Å². The van der Waals surface area contributed by atoms with E-state index in [1.54, 1.807) is 12.1 Å². The average Bonchev–Trinajstić information content (AvgIpc) is 2.38. The van der Waals surface area contributed by atoms with Crippen molar-refractivity contribution in [2.45, 2.75) is 19.9 Å². The van der Waals surface area contributed by atoms with E-state index in [4.69, 9.17) is 5.73 Å². The fourth-order valence-corrected chi connectivity index (χ4v) is 2.22. The molecule has 0 aliphatic carbocycles. The van der Waals surface area contributed by atoms with E-state index < -0.39 is 5.82 Å². The second kappa shape index (κ2) is 5.90. The van der Waals surface area contributed by atoms with E-state index in [0.717, 1.165) is 6.42 Å². The van der Waals surface area contributed by atoms with E-state index in [1.165, 1.54) is 15.9 Å². The van der Waals surface area contributed by atoms with Crippen LogP contribution < -0.4 is 5.73 Å². The Labute approximate surface area is 117 Å². The SMILES string of the molecule is CCCN1CC(=O)N(Cc2ccc(N)cc2F)CC1=O. The highest BCUT2D eigenvalue weighted by Gasteiger charge is 2.29. The number of piperazine rings is 1. The Bertz CT molecular complexity index is 533. The van der Waals surface area contributed by atoms with Gasteiger partial charge in [0.1, 0.15) is 12.4 Å². The number of hydrogen-bond acceptors (Lipinski definition) is 3. The fraction of sp³-hybridized carbons (Fsp3) is 0.429. The van der Waals surface area contributed by atoms with E-state index >= 15 is 0 Å². The molecule has 1 heterocycles. The molecule has 2 amide bonds. The molecule has 0 atom stereocenters. The van der Waals surface area contributed by atoms with Crippen LogP contribution in [0.4, 0.5) is 10.1 Å². The summed E-state index contributed by atoms with van der Waals surface area (Å²) in [6.07, 6.45) is 0.811. The van der Waals surface area contributed by atoms with Crippen LogP contribution in [0.2, 0.25) is 0 Å². The van der Waals surface area contributed by atoms with Crippen molar-refractivity contribution in [3.8, 4) is 0 Å². The monoisotopic (exact) mass is 279 g/mol. The highest BCUT2D eigenvalue weighted by atomic mass is 19.1. The quantitative estimate of drug-likeness (QED) is 0.836. The summed E-state index contributed by atoms with van der Waals surface area (Å²) in [5.74, 6) is -0.710. The molecule has 0 unspecified atom stereocenters. The average molecular weight is 279 g/mol. The van der Waals surface area contributed by atoms with Crippen LogP contribution in [0.5, 0.6) is 0 Å². The smallest absolute Gasteiger partial charge is 0.242 e. The van der Waals surface area contributed by atoms with E-state index in [-0.39, 0.29) is 31.4 Å². The number of amides is 2. The van der Waals surface area contributed by atoms with E-state index in [2.05, 4.69) is 0 Å². The molecule has 2 N–H and O–H groups in total. The van der Waals surface area contributed by atoms with Gasteiger partial charge >= 0.3 is 0 Å².